The quantitative estimate of drug-likeness (QED) is 0.812. The minimum Gasteiger partial charge on any atom is -0.452 e. The lowest BCUT2D eigenvalue weighted by atomic mass is 9.87. The molecule has 5 nitrogen and oxygen atoms in total. The van der Waals surface area contributed by atoms with Gasteiger partial charge in [0.05, 0.1) is 0 Å². The summed E-state index contributed by atoms with van der Waals surface area (Å²) in [4.78, 5) is 36.6. The van der Waals surface area contributed by atoms with E-state index < -0.39 is 29.4 Å². The molecule has 0 unspecified atom stereocenters. The molecular formula is C19H16O5. The fraction of sp³-hybridized carbons (Fsp3) is 0.211. The van der Waals surface area contributed by atoms with Gasteiger partial charge in [0.1, 0.15) is 0 Å². The molecule has 24 heavy (non-hydrogen) atoms. The van der Waals surface area contributed by atoms with Crippen molar-refractivity contribution in [2.45, 2.75) is 25.6 Å². The van der Waals surface area contributed by atoms with Crippen LogP contribution in [0.25, 0.3) is 0 Å². The smallest absolute Gasteiger partial charge is 0.304 e. The summed E-state index contributed by atoms with van der Waals surface area (Å²) >= 11 is 0. The Kier molecular flexibility index (Phi) is 3.93. The molecule has 0 bridgehead atoms. The van der Waals surface area contributed by atoms with Crippen LogP contribution in [0, 0.1) is 0 Å². The molecule has 3 rings (SSSR count). The molecule has 1 aliphatic carbocycles. The van der Waals surface area contributed by atoms with Crippen molar-refractivity contribution in [1.29, 1.82) is 0 Å². The molecular weight excluding hydrogens is 308 g/mol. The predicted molar refractivity (Wildman–Crippen MR) is 85.2 cm³/mol. The molecule has 0 fully saturated rings. The van der Waals surface area contributed by atoms with Crippen molar-refractivity contribution < 1.29 is 23.9 Å². The Morgan fingerprint density at radius 2 is 1.54 bits per heavy atom. The van der Waals surface area contributed by atoms with Gasteiger partial charge in [-0.05, 0) is 0 Å². The van der Waals surface area contributed by atoms with E-state index in [9.17, 15) is 14.4 Å². The highest BCUT2D eigenvalue weighted by Gasteiger charge is 2.59. The van der Waals surface area contributed by atoms with Gasteiger partial charge in [-0.1, -0.05) is 54.6 Å². The maximum Gasteiger partial charge on any atom is 0.304 e. The molecule has 1 aliphatic rings. The van der Waals surface area contributed by atoms with E-state index >= 15 is 0 Å². The topological polar surface area (TPSA) is 69.7 Å². The van der Waals surface area contributed by atoms with Gasteiger partial charge in [0.25, 0.3) is 0 Å². The minimum atomic E-state index is -1.71. The van der Waals surface area contributed by atoms with Gasteiger partial charge >= 0.3 is 11.9 Å². The second-order valence-electron chi connectivity index (χ2n) is 5.60. The molecule has 0 aromatic heterocycles. The van der Waals surface area contributed by atoms with Crippen LogP contribution in [0.1, 0.15) is 41.4 Å². The Bertz CT molecular complexity index is 812. The third kappa shape index (κ3) is 2.38. The second kappa shape index (κ2) is 5.92. The van der Waals surface area contributed by atoms with Crippen LogP contribution in [0.2, 0.25) is 0 Å². The first-order valence-electron chi connectivity index (χ1n) is 7.53. The van der Waals surface area contributed by atoms with Crippen molar-refractivity contribution in [3.63, 3.8) is 0 Å². The maximum absolute atomic E-state index is 13.2. The van der Waals surface area contributed by atoms with Gasteiger partial charge in [-0.25, -0.2) is 0 Å². The van der Waals surface area contributed by atoms with Crippen LogP contribution in [-0.4, -0.2) is 17.7 Å². The zero-order chi connectivity index (χ0) is 17.3. The van der Waals surface area contributed by atoms with Gasteiger partial charge in [-0.2, -0.15) is 0 Å². The van der Waals surface area contributed by atoms with Gasteiger partial charge in [-0.15, -0.1) is 0 Å². The van der Waals surface area contributed by atoms with E-state index in [-0.39, 0.29) is 0 Å². The largest absolute Gasteiger partial charge is 0.452 e. The summed E-state index contributed by atoms with van der Waals surface area (Å²) in [5.41, 5.74) is -0.327. The number of carbonyl (C=O) groups excluding carboxylic acids is 3. The SMILES string of the molecule is CC(=O)O[C@H]1c2ccccc2C(=O)[C@@]1(OC(C)=O)c1ccccc1. The molecule has 0 heterocycles. The molecule has 0 radical (unpaired) electrons. The molecule has 0 spiro atoms. The lowest BCUT2D eigenvalue weighted by Gasteiger charge is -2.33. The summed E-state index contributed by atoms with van der Waals surface area (Å²) < 4.78 is 11.0. The second-order valence-corrected chi connectivity index (χ2v) is 5.60. The number of benzene rings is 2. The number of fused-ring (bicyclic) bond motifs is 1. The van der Waals surface area contributed by atoms with Crippen LogP contribution in [-0.2, 0) is 24.7 Å². The number of ether oxygens (including phenoxy) is 2. The molecule has 2 aromatic rings. The third-order valence-corrected chi connectivity index (χ3v) is 3.99. The van der Waals surface area contributed by atoms with Crippen molar-refractivity contribution >= 4 is 17.7 Å². The van der Waals surface area contributed by atoms with Crippen LogP contribution in [0.3, 0.4) is 0 Å². The van der Waals surface area contributed by atoms with Gasteiger partial charge < -0.3 is 9.47 Å². The van der Waals surface area contributed by atoms with Crippen LogP contribution < -0.4 is 0 Å². The number of esters is 2. The van der Waals surface area contributed by atoms with Crippen LogP contribution in [0.15, 0.2) is 54.6 Å². The van der Waals surface area contributed by atoms with E-state index in [1.165, 1.54) is 13.8 Å². The van der Waals surface area contributed by atoms with Crippen LogP contribution in [0.4, 0.5) is 0 Å². The fourth-order valence-electron chi connectivity index (χ4n) is 3.14. The Morgan fingerprint density at radius 3 is 2.17 bits per heavy atom. The van der Waals surface area contributed by atoms with Crippen molar-refractivity contribution in [2.75, 3.05) is 0 Å². The van der Waals surface area contributed by atoms with E-state index in [4.69, 9.17) is 9.47 Å². The number of rotatable bonds is 3. The average Bonchev–Trinajstić information content (AvgIpc) is 2.78. The molecule has 0 N–H and O–H groups in total. The van der Waals surface area contributed by atoms with Gasteiger partial charge in [0, 0.05) is 30.5 Å². The summed E-state index contributed by atoms with van der Waals surface area (Å²) in [5, 5.41) is 0. The fourth-order valence-corrected chi connectivity index (χ4v) is 3.14. The van der Waals surface area contributed by atoms with E-state index in [0.717, 1.165) is 0 Å². The molecule has 2 atom stereocenters. The predicted octanol–water partition coefficient (Wildman–Crippen LogP) is 2.95. The van der Waals surface area contributed by atoms with E-state index in [1.807, 2.05) is 0 Å². The number of Topliss-reactive ketones (excluding diaryl/α,β-unsaturated/α-hetero) is 1. The van der Waals surface area contributed by atoms with Gasteiger partial charge in [-0.3, -0.25) is 14.4 Å². The number of hydrogen-bond donors (Lipinski definition) is 0. The molecule has 5 heteroatoms. The highest BCUT2D eigenvalue weighted by atomic mass is 16.6. The van der Waals surface area contributed by atoms with E-state index in [0.29, 0.717) is 16.7 Å². The third-order valence-electron chi connectivity index (χ3n) is 3.99. The van der Waals surface area contributed by atoms with Gasteiger partial charge in [0.15, 0.2) is 6.10 Å². The van der Waals surface area contributed by atoms with E-state index in [1.54, 1.807) is 54.6 Å². The highest BCUT2D eigenvalue weighted by Crippen LogP contribution is 2.50. The Balaban J connectivity index is 2.27. The maximum atomic E-state index is 13.2. The molecule has 2 aromatic carbocycles. The Hall–Kier alpha value is -2.95. The van der Waals surface area contributed by atoms with Crippen LogP contribution >= 0.6 is 0 Å². The van der Waals surface area contributed by atoms with Crippen molar-refractivity contribution in [3.05, 3.63) is 71.3 Å². The van der Waals surface area contributed by atoms with Crippen molar-refractivity contribution in [3.8, 4) is 0 Å². The van der Waals surface area contributed by atoms with Crippen LogP contribution in [0.5, 0.6) is 0 Å². The van der Waals surface area contributed by atoms with Crippen molar-refractivity contribution in [1.82, 2.24) is 0 Å². The first-order chi connectivity index (χ1) is 11.5. The molecule has 0 aliphatic heterocycles. The zero-order valence-corrected chi connectivity index (χ0v) is 13.3. The lowest BCUT2D eigenvalue weighted by Crippen LogP contribution is -2.42. The lowest BCUT2D eigenvalue weighted by molar-refractivity contribution is -0.177. The van der Waals surface area contributed by atoms with Crippen molar-refractivity contribution in [2.24, 2.45) is 0 Å². The van der Waals surface area contributed by atoms with Gasteiger partial charge in [0.2, 0.25) is 11.4 Å². The number of hydrogen-bond acceptors (Lipinski definition) is 5. The van der Waals surface area contributed by atoms with E-state index in [2.05, 4.69) is 0 Å². The molecule has 0 saturated carbocycles. The minimum absolute atomic E-state index is 0.383. The molecule has 0 amide bonds. The first-order valence-corrected chi connectivity index (χ1v) is 7.53. The summed E-state index contributed by atoms with van der Waals surface area (Å²) in [6.07, 6.45) is -1.02. The monoisotopic (exact) mass is 324 g/mol. The Labute approximate surface area is 139 Å². The normalized spacial score (nSPS) is 21.9. The summed E-state index contributed by atoms with van der Waals surface area (Å²) in [7, 11) is 0. The summed E-state index contributed by atoms with van der Waals surface area (Å²) in [6.45, 7) is 2.49. The number of carbonyl (C=O) groups is 3. The average molecular weight is 324 g/mol. The molecule has 122 valence electrons. The summed E-state index contributed by atoms with van der Waals surface area (Å²) in [5.74, 6) is -1.58. The molecule has 0 saturated heterocycles. The zero-order valence-electron chi connectivity index (χ0n) is 13.3. The highest BCUT2D eigenvalue weighted by molar-refractivity contribution is 6.09. The Morgan fingerprint density at radius 1 is 0.917 bits per heavy atom. The first kappa shape index (κ1) is 15.9. The summed E-state index contributed by atoms with van der Waals surface area (Å²) in [6, 6.07) is 15.4. The standard InChI is InChI=1S/C19H16O5/c1-12(20)23-18-16-11-7-6-10-15(16)17(22)19(18,24-13(2)21)14-8-4-3-5-9-14/h3-11,18H,1-2H3/t18-,19-/m0/s1. The number of ketones is 1.